The first kappa shape index (κ1) is 18.3. The van der Waals surface area contributed by atoms with Crippen molar-refractivity contribution in [2.75, 3.05) is 13.2 Å². The van der Waals surface area contributed by atoms with Gasteiger partial charge in [0.15, 0.2) is 12.3 Å². The smallest absolute Gasteiger partial charge is 0.435 e. The van der Waals surface area contributed by atoms with Gasteiger partial charge in [-0.3, -0.25) is 9.48 Å². The van der Waals surface area contributed by atoms with Gasteiger partial charge < -0.3 is 10.1 Å². The van der Waals surface area contributed by atoms with E-state index in [1.54, 1.807) is 24.3 Å². The average Bonchev–Trinajstić information content (AvgIpc) is 3.00. The highest BCUT2D eigenvalue weighted by Gasteiger charge is 2.39. The molecule has 2 aromatic rings. The normalized spacial score (nSPS) is 14.0. The van der Waals surface area contributed by atoms with Crippen molar-refractivity contribution < 1.29 is 22.7 Å². The zero-order valence-electron chi connectivity index (χ0n) is 14.2. The summed E-state index contributed by atoms with van der Waals surface area (Å²) in [7, 11) is 0. The van der Waals surface area contributed by atoms with E-state index in [1.807, 2.05) is 6.07 Å². The summed E-state index contributed by atoms with van der Waals surface area (Å²) >= 11 is 0. The maximum Gasteiger partial charge on any atom is 0.435 e. The SMILES string of the molecule is O=C(COc1ccccc1)NCCn1nc(C(F)(F)F)c2c1CCCC2. The maximum atomic E-state index is 13.1. The standard InChI is InChI=1S/C18H20F3N3O2/c19-18(20,21)17-14-8-4-5-9-15(14)24(23-17)11-10-22-16(25)12-26-13-6-2-1-3-7-13/h1-3,6-7H,4-5,8-12H2,(H,22,25). The Morgan fingerprint density at radius 3 is 2.65 bits per heavy atom. The highest BCUT2D eigenvalue weighted by atomic mass is 19.4. The van der Waals surface area contributed by atoms with Crippen LogP contribution in [0.5, 0.6) is 5.75 Å². The first-order valence-electron chi connectivity index (χ1n) is 8.55. The fraction of sp³-hybridized carbons (Fsp3) is 0.444. The van der Waals surface area contributed by atoms with Gasteiger partial charge in [0, 0.05) is 17.8 Å². The van der Waals surface area contributed by atoms with Gasteiger partial charge in [0.1, 0.15) is 5.75 Å². The second kappa shape index (κ2) is 7.80. The number of amides is 1. The molecule has 0 aliphatic heterocycles. The Morgan fingerprint density at radius 1 is 1.19 bits per heavy atom. The van der Waals surface area contributed by atoms with E-state index in [0.717, 1.165) is 12.8 Å². The third-order valence-corrected chi connectivity index (χ3v) is 4.28. The number of aromatic nitrogens is 2. The molecule has 1 aromatic heterocycles. The molecule has 8 heteroatoms. The van der Waals surface area contributed by atoms with E-state index in [-0.39, 0.29) is 25.6 Å². The van der Waals surface area contributed by atoms with Crippen molar-refractivity contribution in [1.29, 1.82) is 0 Å². The third-order valence-electron chi connectivity index (χ3n) is 4.28. The summed E-state index contributed by atoms with van der Waals surface area (Å²) in [4.78, 5) is 11.8. The molecule has 0 fully saturated rings. The molecule has 1 aromatic carbocycles. The lowest BCUT2D eigenvalue weighted by Gasteiger charge is -2.15. The van der Waals surface area contributed by atoms with E-state index in [0.29, 0.717) is 29.8 Å². The van der Waals surface area contributed by atoms with E-state index in [4.69, 9.17) is 4.74 Å². The molecule has 0 saturated carbocycles. The number of fused-ring (bicyclic) bond motifs is 1. The van der Waals surface area contributed by atoms with Gasteiger partial charge in [-0.25, -0.2) is 0 Å². The van der Waals surface area contributed by atoms with Crippen molar-refractivity contribution in [2.45, 2.75) is 38.4 Å². The number of halogens is 3. The van der Waals surface area contributed by atoms with E-state index in [1.165, 1.54) is 4.68 Å². The van der Waals surface area contributed by atoms with Gasteiger partial charge in [-0.05, 0) is 37.8 Å². The van der Waals surface area contributed by atoms with Gasteiger partial charge >= 0.3 is 6.18 Å². The lowest BCUT2D eigenvalue weighted by atomic mass is 9.95. The van der Waals surface area contributed by atoms with E-state index in [2.05, 4.69) is 10.4 Å². The Balaban J connectivity index is 1.55. The maximum absolute atomic E-state index is 13.1. The minimum atomic E-state index is -4.44. The van der Waals surface area contributed by atoms with Crippen LogP contribution >= 0.6 is 0 Å². The molecule has 26 heavy (non-hydrogen) atoms. The quantitative estimate of drug-likeness (QED) is 0.854. The first-order valence-corrected chi connectivity index (χ1v) is 8.55. The first-order chi connectivity index (χ1) is 12.4. The van der Waals surface area contributed by atoms with Gasteiger partial charge in [-0.15, -0.1) is 0 Å². The molecular weight excluding hydrogens is 347 g/mol. The second-order valence-corrected chi connectivity index (χ2v) is 6.15. The van der Waals surface area contributed by atoms with Crippen LogP contribution in [0.1, 0.15) is 29.8 Å². The lowest BCUT2D eigenvalue weighted by Crippen LogP contribution is -2.32. The number of alkyl halides is 3. The summed E-state index contributed by atoms with van der Waals surface area (Å²) in [5, 5.41) is 6.41. The summed E-state index contributed by atoms with van der Waals surface area (Å²) in [6.07, 6.45) is -1.85. The zero-order valence-corrected chi connectivity index (χ0v) is 14.2. The average molecular weight is 367 g/mol. The zero-order chi connectivity index (χ0) is 18.6. The Bertz CT molecular complexity index is 757. The molecule has 1 aliphatic carbocycles. The molecule has 1 heterocycles. The van der Waals surface area contributed by atoms with Crippen LogP contribution in [0.4, 0.5) is 13.2 Å². The molecule has 3 rings (SSSR count). The minimum absolute atomic E-state index is 0.144. The highest BCUT2D eigenvalue weighted by molar-refractivity contribution is 5.77. The minimum Gasteiger partial charge on any atom is -0.484 e. The molecule has 140 valence electrons. The van der Waals surface area contributed by atoms with Crippen LogP contribution in [0, 0.1) is 0 Å². The monoisotopic (exact) mass is 367 g/mol. The predicted octanol–water partition coefficient (Wildman–Crippen LogP) is 2.98. The largest absolute Gasteiger partial charge is 0.484 e. The lowest BCUT2D eigenvalue weighted by molar-refractivity contribution is -0.142. The molecule has 0 spiro atoms. The molecule has 0 unspecified atom stereocenters. The van der Waals surface area contributed by atoms with Crippen LogP contribution in [0.2, 0.25) is 0 Å². The van der Waals surface area contributed by atoms with E-state index < -0.39 is 11.9 Å². The number of rotatable bonds is 6. The van der Waals surface area contributed by atoms with Crippen LogP contribution in [-0.4, -0.2) is 28.8 Å². The summed E-state index contributed by atoms with van der Waals surface area (Å²) < 4.78 is 46.1. The van der Waals surface area contributed by atoms with Crippen LogP contribution < -0.4 is 10.1 Å². The molecular formula is C18H20F3N3O2. The summed E-state index contributed by atoms with van der Waals surface area (Å²) in [6, 6.07) is 8.91. The third kappa shape index (κ3) is 4.36. The molecule has 1 aliphatic rings. The summed E-state index contributed by atoms with van der Waals surface area (Å²) in [5.41, 5.74) is 0.159. The molecule has 5 nitrogen and oxygen atoms in total. The van der Waals surface area contributed by atoms with Crippen molar-refractivity contribution >= 4 is 5.91 Å². The van der Waals surface area contributed by atoms with E-state index in [9.17, 15) is 18.0 Å². The van der Waals surface area contributed by atoms with Crippen LogP contribution in [0.3, 0.4) is 0 Å². The van der Waals surface area contributed by atoms with Gasteiger partial charge in [0.05, 0.1) is 6.54 Å². The number of hydrogen-bond donors (Lipinski definition) is 1. The second-order valence-electron chi connectivity index (χ2n) is 6.15. The number of hydrogen-bond acceptors (Lipinski definition) is 3. The molecule has 0 radical (unpaired) electrons. The Morgan fingerprint density at radius 2 is 1.92 bits per heavy atom. The van der Waals surface area contributed by atoms with Gasteiger partial charge in [-0.1, -0.05) is 18.2 Å². The fourth-order valence-electron chi connectivity index (χ4n) is 3.10. The molecule has 0 saturated heterocycles. The topological polar surface area (TPSA) is 56.1 Å². The van der Waals surface area contributed by atoms with Crippen molar-refractivity contribution in [3.8, 4) is 5.75 Å². The fourth-order valence-corrected chi connectivity index (χ4v) is 3.10. The van der Waals surface area contributed by atoms with Crippen LogP contribution in [-0.2, 0) is 30.4 Å². The number of nitrogens with zero attached hydrogens (tertiary/aromatic N) is 2. The number of para-hydroxylation sites is 1. The van der Waals surface area contributed by atoms with Gasteiger partial charge in [0.25, 0.3) is 5.91 Å². The van der Waals surface area contributed by atoms with Gasteiger partial charge in [-0.2, -0.15) is 18.3 Å². The van der Waals surface area contributed by atoms with Crippen LogP contribution in [0.15, 0.2) is 30.3 Å². The molecule has 1 N–H and O–H groups in total. The number of ether oxygens (including phenoxy) is 1. The predicted molar refractivity (Wildman–Crippen MR) is 88.8 cm³/mol. The van der Waals surface area contributed by atoms with Gasteiger partial charge in [0.2, 0.25) is 0 Å². The Labute approximate surface area is 149 Å². The number of carbonyl (C=O) groups is 1. The Hall–Kier alpha value is -2.51. The van der Waals surface area contributed by atoms with Crippen molar-refractivity contribution in [3.63, 3.8) is 0 Å². The highest BCUT2D eigenvalue weighted by Crippen LogP contribution is 2.35. The van der Waals surface area contributed by atoms with Crippen molar-refractivity contribution in [1.82, 2.24) is 15.1 Å². The number of benzene rings is 1. The van der Waals surface area contributed by atoms with Crippen molar-refractivity contribution in [3.05, 3.63) is 47.3 Å². The summed E-state index contributed by atoms with van der Waals surface area (Å²) in [5.74, 6) is 0.254. The molecule has 1 amide bonds. The number of carbonyl (C=O) groups excluding carboxylic acids is 1. The molecule has 0 bridgehead atoms. The number of nitrogens with one attached hydrogen (secondary N) is 1. The van der Waals surface area contributed by atoms with Crippen LogP contribution in [0.25, 0.3) is 0 Å². The summed E-state index contributed by atoms with van der Waals surface area (Å²) in [6.45, 7) is 0.257. The Kier molecular flexibility index (Phi) is 5.49. The van der Waals surface area contributed by atoms with Crippen molar-refractivity contribution in [2.24, 2.45) is 0 Å². The molecule has 0 atom stereocenters. The van der Waals surface area contributed by atoms with E-state index >= 15 is 0 Å².